The Morgan fingerprint density at radius 2 is 0.960 bits per heavy atom. The predicted molar refractivity (Wildman–Crippen MR) is 196 cm³/mol. The number of nitrogens with zero attached hydrogens (tertiary/aromatic N) is 2. The summed E-state index contributed by atoms with van der Waals surface area (Å²) < 4.78 is 5.52. The Kier molecular flexibility index (Phi) is 10.8. The molecule has 0 aliphatic rings. The number of hydrogen-bond acceptors (Lipinski definition) is 7. The maximum absolute atomic E-state index is 13.1. The van der Waals surface area contributed by atoms with Crippen molar-refractivity contribution in [2.45, 2.75) is 20.5 Å². The van der Waals surface area contributed by atoms with E-state index in [0.29, 0.717) is 28.2 Å². The molecule has 0 fully saturated rings. The SMILES string of the molecule is Cc1ccc(/N=C/c2ccc(COOc3ccc(C(=O)c4ccc(C(=O)Oc5ccc(/C=N/c6ccc(C)cc6)cc5)cc4)cc3)cc2)cc1. The molecule has 50 heavy (non-hydrogen) atoms. The van der Waals surface area contributed by atoms with E-state index < -0.39 is 5.97 Å². The van der Waals surface area contributed by atoms with E-state index >= 15 is 0 Å². The normalized spacial score (nSPS) is 11.2. The summed E-state index contributed by atoms with van der Waals surface area (Å²) in [5, 5.41) is 0. The lowest BCUT2D eigenvalue weighted by molar-refractivity contribution is -0.217. The molecule has 0 saturated carbocycles. The summed E-state index contributed by atoms with van der Waals surface area (Å²) in [5.74, 6) is 0.167. The lowest BCUT2D eigenvalue weighted by Gasteiger charge is -2.07. The number of ketones is 1. The van der Waals surface area contributed by atoms with Crippen LogP contribution in [0.25, 0.3) is 0 Å². The average Bonchev–Trinajstić information content (AvgIpc) is 3.15. The van der Waals surface area contributed by atoms with Gasteiger partial charge in [0.1, 0.15) is 12.4 Å². The number of hydrogen-bond donors (Lipinski definition) is 0. The van der Waals surface area contributed by atoms with E-state index in [1.807, 2.05) is 105 Å². The van der Waals surface area contributed by atoms with Gasteiger partial charge in [-0.2, -0.15) is 4.89 Å². The average molecular weight is 659 g/mol. The van der Waals surface area contributed by atoms with E-state index in [1.54, 1.807) is 66.9 Å². The van der Waals surface area contributed by atoms with Crippen LogP contribution in [0.15, 0.2) is 156 Å². The zero-order valence-electron chi connectivity index (χ0n) is 27.7. The highest BCUT2D eigenvalue weighted by atomic mass is 17.2. The van der Waals surface area contributed by atoms with Crippen LogP contribution in [0.4, 0.5) is 11.4 Å². The van der Waals surface area contributed by atoms with E-state index in [2.05, 4.69) is 9.98 Å². The van der Waals surface area contributed by atoms with Gasteiger partial charge in [0.05, 0.1) is 16.9 Å². The fourth-order valence-corrected chi connectivity index (χ4v) is 4.80. The maximum atomic E-state index is 13.1. The lowest BCUT2D eigenvalue weighted by atomic mass is 10.0. The van der Waals surface area contributed by atoms with E-state index in [0.717, 1.165) is 28.1 Å². The number of esters is 1. The quantitative estimate of drug-likeness (QED) is 0.0326. The number of benzene rings is 6. The van der Waals surface area contributed by atoms with Crippen LogP contribution >= 0.6 is 0 Å². The van der Waals surface area contributed by atoms with E-state index in [1.165, 1.54) is 11.1 Å². The maximum Gasteiger partial charge on any atom is 0.343 e. The first kappa shape index (κ1) is 33.5. The molecule has 0 aliphatic heterocycles. The standard InChI is InChI=1S/C43H34N2O5/c1-30-3-19-38(20-4-30)44-27-32-7-9-34(10-8-32)29-48-50-41-25-17-36(18-26-41)42(46)35-13-15-37(16-14-35)43(47)49-40-23-11-33(12-24-40)28-45-39-21-5-31(2)6-22-39/h3-28H,29H2,1-2H3/b44-27+,45-28+. The van der Waals surface area contributed by atoms with Gasteiger partial charge >= 0.3 is 5.97 Å². The summed E-state index contributed by atoms with van der Waals surface area (Å²) in [7, 11) is 0. The molecular formula is C43H34N2O5. The minimum Gasteiger partial charge on any atom is -0.423 e. The van der Waals surface area contributed by atoms with Gasteiger partial charge in [-0.1, -0.05) is 71.8 Å². The molecule has 0 unspecified atom stereocenters. The van der Waals surface area contributed by atoms with Crippen LogP contribution < -0.4 is 9.62 Å². The lowest BCUT2D eigenvalue weighted by Crippen LogP contribution is -2.09. The molecule has 7 heteroatoms. The molecule has 0 aliphatic carbocycles. The van der Waals surface area contributed by atoms with Crippen molar-refractivity contribution in [3.05, 3.63) is 190 Å². The third-order valence-electron chi connectivity index (χ3n) is 7.74. The molecule has 6 rings (SSSR count). The van der Waals surface area contributed by atoms with Crippen molar-refractivity contribution in [1.82, 2.24) is 0 Å². The van der Waals surface area contributed by atoms with Crippen LogP contribution in [-0.4, -0.2) is 24.2 Å². The third kappa shape index (κ3) is 9.34. The number of carbonyl (C=O) groups excluding carboxylic acids is 2. The summed E-state index contributed by atoms with van der Waals surface area (Å²) in [5.41, 5.74) is 8.18. The number of aliphatic imine (C=N–C) groups is 2. The zero-order chi connectivity index (χ0) is 34.7. The van der Waals surface area contributed by atoms with Crippen molar-refractivity contribution in [3.8, 4) is 11.5 Å². The topological polar surface area (TPSA) is 86.6 Å². The summed E-state index contributed by atoms with van der Waals surface area (Å²) >= 11 is 0. The van der Waals surface area contributed by atoms with Crippen molar-refractivity contribution in [2.75, 3.05) is 0 Å². The Morgan fingerprint density at radius 3 is 1.48 bits per heavy atom. The predicted octanol–water partition coefficient (Wildman–Crippen LogP) is 9.77. The number of rotatable bonds is 12. The third-order valence-corrected chi connectivity index (χ3v) is 7.74. The first-order valence-electron chi connectivity index (χ1n) is 16.0. The molecule has 0 heterocycles. The second-order valence-corrected chi connectivity index (χ2v) is 11.7. The Labute approximate surface area is 291 Å². The molecule has 0 atom stereocenters. The molecule has 0 amide bonds. The number of carbonyl (C=O) groups is 2. The first-order valence-corrected chi connectivity index (χ1v) is 16.0. The highest BCUT2D eigenvalue weighted by molar-refractivity contribution is 6.09. The molecule has 0 aromatic heterocycles. The van der Waals surface area contributed by atoms with Gasteiger partial charge in [-0.25, -0.2) is 4.79 Å². The monoisotopic (exact) mass is 658 g/mol. The molecule has 0 spiro atoms. The van der Waals surface area contributed by atoms with Crippen molar-refractivity contribution < 1.29 is 24.1 Å². The Morgan fingerprint density at radius 1 is 0.520 bits per heavy atom. The summed E-state index contributed by atoms with van der Waals surface area (Å²) in [6.07, 6.45) is 3.58. The first-order chi connectivity index (χ1) is 24.4. The van der Waals surface area contributed by atoms with Gasteiger partial charge in [-0.3, -0.25) is 14.8 Å². The number of aryl methyl sites for hydroxylation is 2. The van der Waals surface area contributed by atoms with Crippen molar-refractivity contribution >= 4 is 35.6 Å². The summed E-state index contributed by atoms with van der Waals surface area (Å²) in [6.45, 7) is 4.33. The Balaban J connectivity index is 0.956. The van der Waals surface area contributed by atoms with E-state index in [4.69, 9.17) is 14.5 Å². The second-order valence-electron chi connectivity index (χ2n) is 11.7. The molecule has 0 N–H and O–H groups in total. The van der Waals surface area contributed by atoms with Gasteiger partial charge in [0.15, 0.2) is 11.5 Å². The Hall–Kier alpha value is -6.44. The molecule has 0 saturated heterocycles. The molecule has 246 valence electrons. The minimum atomic E-state index is -0.519. The van der Waals surface area contributed by atoms with Crippen molar-refractivity contribution in [2.24, 2.45) is 9.98 Å². The molecular weight excluding hydrogens is 624 g/mol. The molecule has 6 aromatic rings. The largest absolute Gasteiger partial charge is 0.423 e. The second kappa shape index (κ2) is 16.1. The van der Waals surface area contributed by atoms with Gasteiger partial charge in [-0.15, -0.1) is 0 Å². The van der Waals surface area contributed by atoms with Crippen LogP contribution in [0.1, 0.15) is 54.1 Å². The summed E-state index contributed by atoms with van der Waals surface area (Å²) in [4.78, 5) is 45.6. The van der Waals surface area contributed by atoms with Crippen molar-refractivity contribution in [3.63, 3.8) is 0 Å². The fourth-order valence-electron chi connectivity index (χ4n) is 4.80. The van der Waals surface area contributed by atoms with Gasteiger partial charge in [0.25, 0.3) is 0 Å². The Bertz CT molecular complexity index is 2100. The molecule has 0 radical (unpaired) electrons. The van der Waals surface area contributed by atoms with Crippen LogP contribution in [0, 0.1) is 13.8 Å². The van der Waals surface area contributed by atoms with Gasteiger partial charge in [0.2, 0.25) is 0 Å². The summed E-state index contributed by atoms with van der Waals surface area (Å²) in [6, 6.07) is 43.9. The highest BCUT2D eigenvalue weighted by Gasteiger charge is 2.13. The zero-order valence-corrected chi connectivity index (χ0v) is 27.7. The van der Waals surface area contributed by atoms with E-state index in [-0.39, 0.29) is 12.4 Å². The van der Waals surface area contributed by atoms with Gasteiger partial charge < -0.3 is 9.62 Å². The van der Waals surface area contributed by atoms with Crippen LogP contribution in [0.2, 0.25) is 0 Å². The smallest absolute Gasteiger partial charge is 0.343 e. The minimum absolute atomic E-state index is 0.189. The fraction of sp³-hybridized carbons (Fsp3) is 0.0698. The van der Waals surface area contributed by atoms with Crippen LogP contribution in [0.3, 0.4) is 0 Å². The van der Waals surface area contributed by atoms with Crippen LogP contribution in [-0.2, 0) is 11.5 Å². The van der Waals surface area contributed by atoms with E-state index in [9.17, 15) is 9.59 Å². The van der Waals surface area contributed by atoms with Gasteiger partial charge in [0, 0.05) is 23.6 Å². The molecule has 7 nitrogen and oxygen atoms in total. The molecule has 0 bridgehead atoms. The van der Waals surface area contributed by atoms with Crippen molar-refractivity contribution in [1.29, 1.82) is 0 Å². The number of ether oxygens (including phenoxy) is 1. The van der Waals surface area contributed by atoms with Gasteiger partial charge in [-0.05, 0) is 115 Å². The highest BCUT2D eigenvalue weighted by Crippen LogP contribution is 2.20. The van der Waals surface area contributed by atoms with Crippen LogP contribution in [0.5, 0.6) is 11.5 Å². The molecule has 6 aromatic carbocycles.